The van der Waals surface area contributed by atoms with Gasteiger partial charge in [0, 0.05) is 20.6 Å². The van der Waals surface area contributed by atoms with Gasteiger partial charge in [0.2, 0.25) is 5.91 Å². The Morgan fingerprint density at radius 1 is 1.56 bits per heavy atom. The van der Waals surface area contributed by atoms with Crippen molar-refractivity contribution in [2.45, 2.75) is 25.8 Å². The third-order valence-electron chi connectivity index (χ3n) is 3.39. The monoisotopic (exact) mass is 227 g/mol. The highest BCUT2D eigenvalue weighted by Crippen LogP contribution is 2.18. The number of hydrogen-bond donors (Lipinski definition) is 1. The van der Waals surface area contributed by atoms with Crippen LogP contribution < -0.4 is 5.32 Å². The molecule has 1 aliphatic heterocycles. The summed E-state index contributed by atoms with van der Waals surface area (Å²) in [6.45, 7) is 5.17. The second-order valence-corrected chi connectivity index (χ2v) is 4.97. The number of piperidine rings is 1. The van der Waals surface area contributed by atoms with E-state index in [0.717, 1.165) is 19.6 Å². The average Bonchev–Trinajstić information content (AvgIpc) is 2.28. The van der Waals surface area contributed by atoms with Gasteiger partial charge in [-0.25, -0.2) is 0 Å². The van der Waals surface area contributed by atoms with Crippen molar-refractivity contribution in [3.63, 3.8) is 0 Å². The highest BCUT2D eigenvalue weighted by molar-refractivity contribution is 5.80. The van der Waals surface area contributed by atoms with Crippen molar-refractivity contribution in [3.8, 4) is 0 Å². The summed E-state index contributed by atoms with van der Waals surface area (Å²) < 4.78 is 0. The Morgan fingerprint density at radius 3 is 2.81 bits per heavy atom. The molecule has 1 rings (SSSR count). The second-order valence-electron chi connectivity index (χ2n) is 4.97. The topological polar surface area (TPSA) is 35.6 Å². The smallest absolute Gasteiger partial charge is 0.239 e. The van der Waals surface area contributed by atoms with Crippen LogP contribution in [0.5, 0.6) is 0 Å². The molecule has 1 fully saturated rings. The molecular formula is C12H25N3O. The molecule has 0 radical (unpaired) electrons. The minimum absolute atomic E-state index is 0.0228. The van der Waals surface area contributed by atoms with E-state index in [1.807, 2.05) is 28.1 Å². The van der Waals surface area contributed by atoms with Gasteiger partial charge in [-0.2, -0.15) is 0 Å². The molecule has 1 aliphatic rings. The maximum absolute atomic E-state index is 11.9. The summed E-state index contributed by atoms with van der Waals surface area (Å²) in [4.78, 5) is 15.9. The van der Waals surface area contributed by atoms with Crippen molar-refractivity contribution in [2.75, 3.05) is 40.8 Å². The molecule has 16 heavy (non-hydrogen) atoms. The van der Waals surface area contributed by atoms with E-state index < -0.39 is 0 Å². The number of likely N-dealkylation sites (tertiary alicyclic amines) is 1. The summed E-state index contributed by atoms with van der Waals surface area (Å²) in [5.41, 5.74) is 0. The first-order valence-corrected chi connectivity index (χ1v) is 6.16. The zero-order valence-corrected chi connectivity index (χ0v) is 11.0. The van der Waals surface area contributed by atoms with Crippen molar-refractivity contribution in [1.29, 1.82) is 0 Å². The van der Waals surface area contributed by atoms with Gasteiger partial charge in [-0.3, -0.25) is 9.69 Å². The van der Waals surface area contributed by atoms with Gasteiger partial charge in [-0.15, -0.1) is 0 Å². The normalized spacial score (nSPS) is 24.1. The highest BCUT2D eigenvalue weighted by atomic mass is 16.2. The molecule has 0 bridgehead atoms. The van der Waals surface area contributed by atoms with E-state index in [-0.39, 0.29) is 11.9 Å². The number of nitrogens with zero attached hydrogens (tertiary/aromatic N) is 2. The molecule has 1 amide bonds. The molecule has 0 spiro atoms. The Labute approximate surface area is 99.0 Å². The van der Waals surface area contributed by atoms with E-state index in [9.17, 15) is 4.79 Å². The van der Waals surface area contributed by atoms with E-state index >= 15 is 0 Å². The summed E-state index contributed by atoms with van der Waals surface area (Å²) in [5, 5.41) is 3.23. The predicted octanol–water partition coefficient (Wildman–Crippen LogP) is 0.395. The Kier molecular flexibility index (Phi) is 5.22. The third kappa shape index (κ3) is 3.46. The molecular weight excluding hydrogens is 202 g/mol. The van der Waals surface area contributed by atoms with E-state index in [0.29, 0.717) is 5.92 Å². The molecule has 0 aromatic heterocycles. The van der Waals surface area contributed by atoms with Gasteiger partial charge in [0.05, 0.1) is 6.04 Å². The first-order valence-electron chi connectivity index (χ1n) is 6.16. The van der Waals surface area contributed by atoms with Crippen molar-refractivity contribution >= 4 is 5.91 Å². The largest absolute Gasteiger partial charge is 0.347 e. The Bertz CT molecular complexity index is 228. The fourth-order valence-corrected chi connectivity index (χ4v) is 2.43. The molecule has 1 heterocycles. The minimum atomic E-state index is 0.0228. The zero-order valence-electron chi connectivity index (χ0n) is 11.0. The van der Waals surface area contributed by atoms with Gasteiger partial charge >= 0.3 is 0 Å². The van der Waals surface area contributed by atoms with Crippen LogP contribution in [0.25, 0.3) is 0 Å². The van der Waals surface area contributed by atoms with Crippen LogP contribution in [0.4, 0.5) is 0 Å². The van der Waals surface area contributed by atoms with E-state index in [1.165, 1.54) is 12.8 Å². The summed E-state index contributed by atoms with van der Waals surface area (Å²) in [6, 6.07) is 0.0228. The Hall–Kier alpha value is -0.610. The van der Waals surface area contributed by atoms with Gasteiger partial charge in [-0.05, 0) is 45.8 Å². The number of amides is 1. The third-order valence-corrected chi connectivity index (χ3v) is 3.39. The van der Waals surface area contributed by atoms with Gasteiger partial charge in [0.25, 0.3) is 0 Å². The SMILES string of the molecule is CNCC1CCCN(C(C)C(=O)N(C)C)C1. The first-order chi connectivity index (χ1) is 7.56. The quantitative estimate of drug-likeness (QED) is 0.755. The standard InChI is InChI=1S/C12H25N3O/c1-10(12(16)14(3)4)15-7-5-6-11(9-15)8-13-2/h10-11,13H,5-9H2,1-4H3. The maximum Gasteiger partial charge on any atom is 0.239 e. The number of likely N-dealkylation sites (N-methyl/N-ethyl adjacent to an activating group) is 1. The number of carbonyl (C=O) groups excluding carboxylic acids is 1. The summed E-state index contributed by atoms with van der Waals surface area (Å²) in [6.07, 6.45) is 2.48. The second kappa shape index (κ2) is 6.21. The van der Waals surface area contributed by atoms with Gasteiger partial charge in [-0.1, -0.05) is 0 Å². The van der Waals surface area contributed by atoms with Gasteiger partial charge in [0.1, 0.15) is 0 Å². The summed E-state index contributed by atoms with van der Waals surface area (Å²) in [5.74, 6) is 0.904. The van der Waals surface area contributed by atoms with Crippen molar-refractivity contribution in [3.05, 3.63) is 0 Å². The lowest BCUT2D eigenvalue weighted by Gasteiger charge is -2.36. The Morgan fingerprint density at radius 2 is 2.25 bits per heavy atom. The lowest BCUT2D eigenvalue weighted by molar-refractivity contribution is -0.134. The van der Waals surface area contributed by atoms with Crippen molar-refractivity contribution in [1.82, 2.24) is 15.1 Å². The van der Waals surface area contributed by atoms with Crippen molar-refractivity contribution in [2.24, 2.45) is 5.92 Å². The number of nitrogens with one attached hydrogen (secondary N) is 1. The zero-order chi connectivity index (χ0) is 12.1. The fraction of sp³-hybridized carbons (Fsp3) is 0.917. The molecule has 0 aromatic rings. The molecule has 2 atom stereocenters. The fourth-order valence-electron chi connectivity index (χ4n) is 2.43. The van der Waals surface area contributed by atoms with Crippen LogP contribution in [-0.4, -0.2) is 62.5 Å². The summed E-state index contributed by atoms with van der Waals surface area (Å²) >= 11 is 0. The molecule has 2 unspecified atom stereocenters. The number of carbonyl (C=O) groups is 1. The predicted molar refractivity (Wildman–Crippen MR) is 66.4 cm³/mol. The lowest BCUT2D eigenvalue weighted by Crippen LogP contribution is -2.49. The van der Waals surface area contributed by atoms with Crippen LogP contribution in [0.1, 0.15) is 19.8 Å². The average molecular weight is 227 g/mol. The van der Waals surface area contributed by atoms with Gasteiger partial charge in [0.15, 0.2) is 0 Å². The van der Waals surface area contributed by atoms with E-state index in [4.69, 9.17) is 0 Å². The van der Waals surface area contributed by atoms with E-state index in [1.54, 1.807) is 4.90 Å². The molecule has 1 N–H and O–H groups in total. The van der Waals surface area contributed by atoms with Crippen LogP contribution in [0.2, 0.25) is 0 Å². The molecule has 0 saturated carbocycles. The maximum atomic E-state index is 11.9. The minimum Gasteiger partial charge on any atom is -0.347 e. The molecule has 4 heteroatoms. The molecule has 94 valence electrons. The van der Waals surface area contributed by atoms with Crippen molar-refractivity contribution < 1.29 is 4.79 Å². The van der Waals surface area contributed by atoms with Crippen LogP contribution in [0, 0.1) is 5.92 Å². The molecule has 4 nitrogen and oxygen atoms in total. The van der Waals surface area contributed by atoms with Crippen LogP contribution in [0.3, 0.4) is 0 Å². The first kappa shape index (κ1) is 13.5. The number of hydrogen-bond acceptors (Lipinski definition) is 3. The summed E-state index contributed by atoms with van der Waals surface area (Å²) in [7, 11) is 5.65. The highest BCUT2D eigenvalue weighted by Gasteiger charge is 2.27. The van der Waals surface area contributed by atoms with E-state index in [2.05, 4.69) is 10.2 Å². The van der Waals surface area contributed by atoms with Gasteiger partial charge < -0.3 is 10.2 Å². The van der Waals surface area contributed by atoms with Crippen LogP contribution in [0.15, 0.2) is 0 Å². The van der Waals surface area contributed by atoms with Crippen LogP contribution >= 0.6 is 0 Å². The Balaban J connectivity index is 2.49. The molecule has 0 aromatic carbocycles. The lowest BCUT2D eigenvalue weighted by atomic mass is 9.96. The molecule has 1 saturated heterocycles. The number of rotatable bonds is 4. The van der Waals surface area contributed by atoms with Crippen LogP contribution in [-0.2, 0) is 4.79 Å². The molecule has 0 aliphatic carbocycles.